The van der Waals surface area contributed by atoms with Crippen LogP contribution in [0.4, 0.5) is 19.3 Å². The molecule has 3 aromatic rings. The molecule has 2 aromatic carbocycles. The molecule has 0 aliphatic carbocycles. The smallest absolute Gasteiger partial charge is 0.410 e. The van der Waals surface area contributed by atoms with Crippen molar-refractivity contribution in [3.05, 3.63) is 77.1 Å². The van der Waals surface area contributed by atoms with Gasteiger partial charge >= 0.3 is 6.09 Å². The van der Waals surface area contributed by atoms with Crippen molar-refractivity contribution in [1.82, 2.24) is 14.7 Å². The zero-order valence-corrected chi connectivity index (χ0v) is 20.8. The van der Waals surface area contributed by atoms with E-state index >= 15 is 0 Å². The highest BCUT2D eigenvalue weighted by Gasteiger charge is 2.32. The lowest BCUT2D eigenvalue weighted by molar-refractivity contribution is 0.0203. The summed E-state index contributed by atoms with van der Waals surface area (Å²) in [5.41, 5.74) is 2.20. The molecule has 1 saturated heterocycles. The topological polar surface area (TPSA) is 76.5 Å². The van der Waals surface area contributed by atoms with Crippen LogP contribution in [0, 0.1) is 18.6 Å². The largest absolute Gasteiger partial charge is 0.444 e. The second-order valence-electron chi connectivity index (χ2n) is 9.99. The molecule has 2 amide bonds. The lowest BCUT2D eigenvalue weighted by atomic mass is 9.90. The molecule has 36 heavy (non-hydrogen) atoms. The van der Waals surface area contributed by atoms with Gasteiger partial charge < -0.3 is 15.0 Å². The van der Waals surface area contributed by atoms with Gasteiger partial charge in [0.05, 0.1) is 23.1 Å². The van der Waals surface area contributed by atoms with Crippen molar-refractivity contribution in [3.8, 4) is 5.69 Å². The summed E-state index contributed by atoms with van der Waals surface area (Å²) in [6.07, 6.45) is 2.33. The van der Waals surface area contributed by atoms with Crippen LogP contribution in [0.25, 0.3) is 5.69 Å². The molecule has 0 radical (unpaired) electrons. The molecule has 0 spiro atoms. The Morgan fingerprint density at radius 2 is 1.67 bits per heavy atom. The number of halogens is 2. The molecule has 1 aliphatic rings. The minimum Gasteiger partial charge on any atom is -0.444 e. The molecule has 1 aromatic heterocycles. The van der Waals surface area contributed by atoms with E-state index in [4.69, 9.17) is 4.74 Å². The second-order valence-corrected chi connectivity index (χ2v) is 9.99. The zero-order chi connectivity index (χ0) is 26.0. The van der Waals surface area contributed by atoms with Crippen molar-refractivity contribution in [1.29, 1.82) is 0 Å². The molecule has 1 N–H and O–H groups in total. The van der Waals surface area contributed by atoms with Crippen molar-refractivity contribution in [2.24, 2.45) is 0 Å². The number of rotatable bonds is 4. The van der Waals surface area contributed by atoms with Gasteiger partial charge in [0.2, 0.25) is 0 Å². The number of aromatic nitrogens is 2. The molecule has 1 fully saturated rings. The summed E-state index contributed by atoms with van der Waals surface area (Å²) in [5, 5.41) is 7.32. The molecule has 9 heteroatoms. The maximum absolute atomic E-state index is 13.6. The first kappa shape index (κ1) is 25.3. The summed E-state index contributed by atoms with van der Waals surface area (Å²) in [7, 11) is 0. The Morgan fingerprint density at radius 3 is 2.28 bits per heavy atom. The summed E-state index contributed by atoms with van der Waals surface area (Å²) in [6, 6.07) is 10.1. The van der Waals surface area contributed by atoms with E-state index in [-0.39, 0.29) is 29.6 Å². The first-order valence-corrected chi connectivity index (χ1v) is 11.9. The van der Waals surface area contributed by atoms with Gasteiger partial charge in [-0.2, -0.15) is 5.10 Å². The molecule has 0 bridgehead atoms. The number of hydrogen-bond donors (Lipinski definition) is 1. The van der Waals surface area contributed by atoms with Crippen LogP contribution in [-0.4, -0.2) is 45.4 Å². The third-order valence-corrected chi connectivity index (χ3v) is 6.09. The van der Waals surface area contributed by atoms with Gasteiger partial charge in [-0.1, -0.05) is 0 Å². The molecule has 0 unspecified atom stereocenters. The van der Waals surface area contributed by atoms with Crippen LogP contribution in [0.15, 0.2) is 48.7 Å². The lowest BCUT2D eigenvalue weighted by Gasteiger charge is -2.34. The van der Waals surface area contributed by atoms with Crippen LogP contribution in [0.2, 0.25) is 0 Å². The Morgan fingerprint density at radius 1 is 1.03 bits per heavy atom. The van der Waals surface area contributed by atoms with Crippen molar-refractivity contribution >= 4 is 17.7 Å². The highest BCUT2D eigenvalue weighted by Crippen LogP contribution is 2.33. The van der Waals surface area contributed by atoms with Crippen molar-refractivity contribution in [3.63, 3.8) is 0 Å². The van der Waals surface area contributed by atoms with E-state index in [1.807, 2.05) is 20.8 Å². The molecule has 190 valence electrons. The van der Waals surface area contributed by atoms with Gasteiger partial charge in [-0.15, -0.1) is 0 Å². The first-order valence-electron chi connectivity index (χ1n) is 11.9. The highest BCUT2D eigenvalue weighted by molar-refractivity contribution is 6.05. The second kappa shape index (κ2) is 10.1. The Labute approximate surface area is 209 Å². The van der Waals surface area contributed by atoms with E-state index in [0.29, 0.717) is 54.1 Å². The van der Waals surface area contributed by atoms with Crippen LogP contribution in [0.1, 0.15) is 61.1 Å². The van der Waals surface area contributed by atoms with Gasteiger partial charge in [0.1, 0.15) is 17.2 Å². The highest BCUT2D eigenvalue weighted by atomic mass is 19.1. The number of amides is 2. The molecular formula is C27H30F2N4O3. The standard InChI is InChI=1S/C27H30F2N4O3/c1-17-15-20(29)7-10-23(17)31-25(34)22-16-30-33(21-8-5-19(28)6-9-21)24(22)18-11-13-32(14-12-18)26(35)36-27(2,3)4/h5-10,15-16,18H,11-14H2,1-4H3,(H,31,34). The number of carbonyl (C=O) groups is 2. The lowest BCUT2D eigenvalue weighted by Crippen LogP contribution is -2.41. The molecule has 4 rings (SSSR count). The summed E-state index contributed by atoms with van der Waals surface area (Å²) < 4.78 is 34.2. The van der Waals surface area contributed by atoms with Gasteiger partial charge in [0, 0.05) is 24.7 Å². The Kier molecular flexibility index (Phi) is 7.10. The van der Waals surface area contributed by atoms with E-state index in [9.17, 15) is 18.4 Å². The molecule has 0 atom stereocenters. The number of likely N-dealkylation sites (tertiary alicyclic amines) is 1. The normalized spacial score (nSPS) is 14.6. The number of aryl methyl sites for hydroxylation is 1. The van der Waals surface area contributed by atoms with E-state index < -0.39 is 5.60 Å². The monoisotopic (exact) mass is 496 g/mol. The Balaban J connectivity index is 1.62. The molecule has 7 nitrogen and oxygen atoms in total. The van der Waals surface area contributed by atoms with Crippen LogP contribution >= 0.6 is 0 Å². The van der Waals surface area contributed by atoms with Crippen LogP contribution in [-0.2, 0) is 4.74 Å². The van der Waals surface area contributed by atoms with E-state index in [0.717, 1.165) is 0 Å². The number of benzene rings is 2. The van der Waals surface area contributed by atoms with E-state index in [1.54, 1.807) is 28.6 Å². The first-order chi connectivity index (χ1) is 17.0. The molecular weight excluding hydrogens is 466 g/mol. The molecule has 1 aliphatic heterocycles. The minimum absolute atomic E-state index is 0.0775. The fourth-order valence-electron chi connectivity index (χ4n) is 4.33. The fraction of sp³-hybridized carbons (Fsp3) is 0.370. The van der Waals surface area contributed by atoms with E-state index in [2.05, 4.69) is 10.4 Å². The zero-order valence-electron chi connectivity index (χ0n) is 20.8. The van der Waals surface area contributed by atoms with Gasteiger partial charge in [-0.05, 0) is 88.6 Å². The number of nitrogens with zero attached hydrogens (tertiary/aromatic N) is 3. The van der Waals surface area contributed by atoms with Gasteiger partial charge in [-0.3, -0.25) is 4.79 Å². The predicted molar refractivity (Wildman–Crippen MR) is 132 cm³/mol. The minimum atomic E-state index is -0.584. The SMILES string of the molecule is Cc1cc(F)ccc1NC(=O)c1cnn(-c2ccc(F)cc2)c1C1CCN(C(=O)OC(C)(C)C)CC1. The van der Waals surface area contributed by atoms with Crippen LogP contribution in [0.5, 0.6) is 0 Å². The number of anilines is 1. The number of nitrogens with one attached hydrogen (secondary N) is 1. The average molecular weight is 497 g/mol. The number of piperidine rings is 1. The van der Waals surface area contributed by atoms with Crippen molar-refractivity contribution in [2.75, 3.05) is 18.4 Å². The van der Waals surface area contributed by atoms with Crippen molar-refractivity contribution < 1.29 is 23.1 Å². The van der Waals surface area contributed by atoms with Crippen LogP contribution in [0.3, 0.4) is 0 Å². The van der Waals surface area contributed by atoms with Gasteiger partial charge in [-0.25, -0.2) is 18.3 Å². The summed E-state index contributed by atoms with van der Waals surface area (Å²) >= 11 is 0. The predicted octanol–water partition coefficient (Wildman–Crippen LogP) is 5.83. The summed E-state index contributed by atoms with van der Waals surface area (Å²) in [6.45, 7) is 8.12. The molecule has 0 saturated carbocycles. The third-order valence-electron chi connectivity index (χ3n) is 6.09. The summed E-state index contributed by atoms with van der Waals surface area (Å²) in [5.74, 6) is -1.20. The quantitative estimate of drug-likeness (QED) is 0.493. The van der Waals surface area contributed by atoms with Gasteiger partial charge in [0.25, 0.3) is 5.91 Å². The fourth-order valence-corrected chi connectivity index (χ4v) is 4.33. The maximum atomic E-state index is 13.6. The average Bonchev–Trinajstić information content (AvgIpc) is 3.25. The number of ether oxygens (including phenoxy) is 1. The molecule has 2 heterocycles. The van der Waals surface area contributed by atoms with Crippen LogP contribution < -0.4 is 5.32 Å². The van der Waals surface area contributed by atoms with Crippen molar-refractivity contribution in [2.45, 2.75) is 52.1 Å². The maximum Gasteiger partial charge on any atom is 0.410 e. The number of carbonyl (C=O) groups excluding carboxylic acids is 2. The van der Waals surface area contributed by atoms with E-state index in [1.165, 1.54) is 36.5 Å². The third kappa shape index (κ3) is 5.72. The Bertz CT molecular complexity index is 1260. The number of hydrogen-bond acceptors (Lipinski definition) is 4. The van der Waals surface area contributed by atoms with Gasteiger partial charge in [0.15, 0.2) is 0 Å². The Hall–Kier alpha value is -3.75. The summed E-state index contributed by atoms with van der Waals surface area (Å²) in [4.78, 5) is 27.5.